The molecular formula is C7H7ClN2O3. The van der Waals surface area contributed by atoms with Crippen LogP contribution in [0, 0.1) is 0 Å². The van der Waals surface area contributed by atoms with Gasteiger partial charge in [-0.05, 0) is 6.07 Å². The minimum Gasteiger partial charge on any atom is -0.504 e. The Labute approximate surface area is 78.9 Å². The van der Waals surface area contributed by atoms with Crippen LogP contribution in [0.15, 0.2) is 12.1 Å². The van der Waals surface area contributed by atoms with Gasteiger partial charge in [0.1, 0.15) is 0 Å². The van der Waals surface area contributed by atoms with Crippen LogP contribution in [0.1, 0.15) is 0 Å². The molecule has 0 bridgehead atoms. The normalized spacial score (nSPS) is 9.69. The molecule has 4 N–H and O–H groups in total. The second kappa shape index (κ2) is 3.51. The van der Waals surface area contributed by atoms with Gasteiger partial charge in [0.25, 0.3) is 0 Å². The number of benzene rings is 1. The van der Waals surface area contributed by atoms with E-state index in [4.69, 9.17) is 27.7 Å². The number of nitrogens with two attached hydrogens (primary N) is 1. The van der Waals surface area contributed by atoms with Crippen LogP contribution < -0.4 is 10.9 Å². The van der Waals surface area contributed by atoms with Crippen molar-refractivity contribution in [2.75, 3.05) is 5.01 Å². The average molecular weight is 203 g/mol. The van der Waals surface area contributed by atoms with Gasteiger partial charge in [-0.2, -0.15) is 0 Å². The van der Waals surface area contributed by atoms with Gasteiger partial charge in [-0.25, -0.2) is 5.84 Å². The predicted molar refractivity (Wildman–Crippen MR) is 47.5 cm³/mol. The van der Waals surface area contributed by atoms with Crippen molar-refractivity contribution in [1.82, 2.24) is 0 Å². The van der Waals surface area contributed by atoms with Crippen LogP contribution in [0.3, 0.4) is 0 Å². The molecule has 0 aliphatic heterocycles. The Morgan fingerprint density at radius 3 is 2.54 bits per heavy atom. The van der Waals surface area contributed by atoms with Crippen LogP contribution in [0.2, 0.25) is 5.02 Å². The van der Waals surface area contributed by atoms with E-state index >= 15 is 0 Å². The molecule has 0 radical (unpaired) electrons. The van der Waals surface area contributed by atoms with Crippen molar-refractivity contribution in [2.24, 2.45) is 5.84 Å². The summed E-state index contributed by atoms with van der Waals surface area (Å²) in [7, 11) is 0. The monoisotopic (exact) mass is 202 g/mol. The van der Waals surface area contributed by atoms with Crippen LogP contribution in [-0.2, 0) is 4.79 Å². The number of nitrogens with zero attached hydrogens (tertiary/aromatic N) is 1. The molecule has 6 heteroatoms. The number of rotatable bonds is 2. The quantitative estimate of drug-likeness (QED) is 0.215. The fourth-order valence-corrected chi connectivity index (χ4v) is 0.989. The van der Waals surface area contributed by atoms with Crippen molar-refractivity contribution < 1.29 is 15.0 Å². The first-order valence-electron chi connectivity index (χ1n) is 3.27. The average Bonchev–Trinajstić information content (AvgIpc) is 2.12. The van der Waals surface area contributed by atoms with Crippen molar-refractivity contribution in [1.29, 1.82) is 0 Å². The Hall–Kier alpha value is -1.46. The number of carbonyl (C=O) groups excluding carboxylic acids is 1. The molecule has 0 heterocycles. The second-order valence-electron chi connectivity index (χ2n) is 2.31. The Balaban J connectivity index is 3.20. The van der Waals surface area contributed by atoms with Crippen LogP contribution in [0.4, 0.5) is 5.69 Å². The molecule has 0 aliphatic carbocycles. The van der Waals surface area contributed by atoms with Crippen molar-refractivity contribution in [3.63, 3.8) is 0 Å². The van der Waals surface area contributed by atoms with Gasteiger partial charge < -0.3 is 10.2 Å². The Kier molecular flexibility index (Phi) is 2.60. The number of anilines is 1. The molecule has 1 rings (SSSR count). The number of hydrogen-bond acceptors (Lipinski definition) is 4. The summed E-state index contributed by atoms with van der Waals surface area (Å²) in [6, 6.07) is 2.38. The predicted octanol–water partition coefficient (Wildman–Crippen LogP) is 0.588. The van der Waals surface area contributed by atoms with Crippen LogP contribution >= 0.6 is 11.6 Å². The highest BCUT2D eigenvalue weighted by atomic mass is 35.5. The summed E-state index contributed by atoms with van der Waals surface area (Å²) >= 11 is 5.51. The Morgan fingerprint density at radius 2 is 2.08 bits per heavy atom. The van der Waals surface area contributed by atoms with E-state index in [1.165, 1.54) is 6.07 Å². The number of hydrogen-bond donors (Lipinski definition) is 3. The van der Waals surface area contributed by atoms with E-state index in [0.717, 1.165) is 11.1 Å². The summed E-state index contributed by atoms with van der Waals surface area (Å²) in [5.41, 5.74) is 0.190. The molecule has 0 atom stereocenters. The second-order valence-corrected chi connectivity index (χ2v) is 2.72. The zero-order valence-electron chi connectivity index (χ0n) is 6.44. The van der Waals surface area contributed by atoms with Gasteiger partial charge in [0, 0.05) is 6.07 Å². The standard InChI is InChI=1S/C7H7ClN2O3/c8-5-1-4(10(9)3-11)2-6(12)7(5)13/h1-3,12-13H,9H2. The maximum absolute atomic E-state index is 10.2. The number of phenolic OH excluding ortho intramolecular Hbond substituents is 2. The van der Waals surface area contributed by atoms with Gasteiger partial charge in [-0.3, -0.25) is 9.80 Å². The largest absolute Gasteiger partial charge is 0.504 e. The number of phenols is 2. The SMILES string of the molecule is NN(C=O)c1cc(O)c(O)c(Cl)c1. The van der Waals surface area contributed by atoms with E-state index in [0.29, 0.717) is 6.41 Å². The molecule has 0 saturated heterocycles. The minimum atomic E-state index is -0.440. The maximum Gasteiger partial charge on any atom is 0.228 e. The lowest BCUT2D eigenvalue weighted by atomic mass is 10.3. The highest BCUT2D eigenvalue weighted by Gasteiger charge is 2.09. The molecule has 1 aromatic rings. The third-order valence-corrected chi connectivity index (χ3v) is 1.73. The van der Waals surface area contributed by atoms with Gasteiger partial charge in [0.05, 0.1) is 10.7 Å². The maximum atomic E-state index is 10.2. The number of amides is 1. The molecule has 0 aliphatic rings. The molecule has 0 aromatic heterocycles. The fraction of sp³-hybridized carbons (Fsp3) is 0. The van der Waals surface area contributed by atoms with Crippen LogP contribution in [-0.4, -0.2) is 16.6 Å². The van der Waals surface area contributed by atoms with Crippen molar-refractivity contribution in [2.45, 2.75) is 0 Å². The van der Waals surface area contributed by atoms with Crippen LogP contribution in [0.5, 0.6) is 11.5 Å². The van der Waals surface area contributed by atoms with Gasteiger partial charge >= 0.3 is 0 Å². The zero-order valence-corrected chi connectivity index (χ0v) is 7.19. The number of aromatic hydroxyl groups is 2. The topological polar surface area (TPSA) is 86.8 Å². The lowest BCUT2D eigenvalue weighted by Crippen LogP contribution is -2.28. The molecule has 0 saturated carbocycles. The van der Waals surface area contributed by atoms with Crippen LogP contribution in [0.25, 0.3) is 0 Å². The molecule has 5 nitrogen and oxygen atoms in total. The minimum absolute atomic E-state index is 0.0766. The van der Waals surface area contributed by atoms with Gasteiger partial charge in [0.2, 0.25) is 6.41 Å². The van der Waals surface area contributed by atoms with E-state index in [1.807, 2.05) is 0 Å². The molecule has 1 aromatic carbocycles. The molecule has 0 fully saturated rings. The number of halogens is 1. The number of hydrazine groups is 1. The lowest BCUT2D eigenvalue weighted by Gasteiger charge is -2.11. The Bertz CT molecular complexity index is 320. The van der Waals surface area contributed by atoms with E-state index in [9.17, 15) is 4.79 Å². The first-order chi connectivity index (χ1) is 6.06. The summed E-state index contributed by atoms with van der Waals surface area (Å²) in [5, 5.41) is 18.8. The van der Waals surface area contributed by atoms with E-state index < -0.39 is 11.5 Å². The summed E-state index contributed by atoms with van der Waals surface area (Å²) in [5.74, 6) is 4.33. The summed E-state index contributed by atoms with van der Waals surface area (Å²) in [4.78, 5) is 10.2. The number of carbonyl (C=O) groups is 1. The lowest BCUT2D eigenvalue weighted by molar-refractivity contribution is -0.107. The molecule has 1 amide bonds. The first kappa shape index (κ1) is 9.63. The van der Waals surface area contributed by atoms with Gasteiger partial charge in [-0.15, -0.1) is 0 Å². The highest BCUT2D eigenvalue weighted by Crippen LogP contribution is 2.36. The summed E-state index contributed by atoms with van der Waals surface area (Å²) < 4.78 is 0. The fourth-order valence-electron chi connectivity index (χ4n) is 0.781. The van der Waals surface area contributed by atoms with Crippen molar-refractivity contribution in [3.05, 3.63) is 17.2 Å². The third-order valence-electron chi connectivity index (χ3n) is 1.44. The first-order valence-corrected chi connectivity index (χ1v) is 3.64. The molecule has 13 heavy (non-hydrogen) atoms. The molecule has 0 unspecified atom stereocenters. The van der Waals surface area contributed by atoms with E-state index in [1.54, 1.807) is 0 Å². The van der Waals surface area contributed by atoms with Gasteiger partial charge in [-0.1, -0.05) is 11.6 Å². The highest BCUT2D eigenvalue weighted by molar-refractivity contribution is 6.32. The van der Waals surface area contributed by atoms with Crippen molar-refractivity contribution >= 4 is 23.7 Å². The Morgan fingerprint density at radius 1 is 1.46 bits per heavy atom. The zero-order chi connectivity index (χ0) is 10.0. The third kappa shape index (κ3) is 1.82. The van der Waals surface area contributed by atoms with E-state index in [-0.39, 0.29) is 10.7 Å². The smallest absolute Gasteiger partial charge is 0.228 e. The molecule has 0 spiro atoms. The van der Waals surface area contributed by atoms with Crippen molar-refractivity contribution in [3.8, 4) is 11.5 Å². The summed E-state index contributed by atoms with van der Waals surface area (Å²) in [6.45, 7) is 0. The van der Waals surface area contributed by atoms with Gasteiger partial charge in [0.15, 0.2) is 11.5 Å². The molecule has 70 valence electrons. The summed E-state index contributed by atoms with van der Waals surface area (Å²) in [6.07, 6.45) is 0.349. The molecular weight excluding hydrogens is 196 g/mol. The van der Waals surface area contributed by atoms with E-state index in [2.05, 4.69) is 0 Å².